The number of hydrogen-bond donors (Lipinski definition) is 1. The first-order chi connectivity index (χ1) is 7.95. The lowest BCUT2D eigenvalue weighted by Crippen LogP contribution is -2.36. The fraction of sp³-hybridized carbons (Fsp3) is 0.462. The maximum absolute atomic E-state index is 11.2. The standard InChI is InChI=1S/C13H18ClNO2/c1-4-17-12(16)15-9-13(2,3)10-5-7-11(14)8-6-10/h5-8H,4,9H2,1-3H3,(H,15,16). The molecule has 1 N–H and O–H groups in total. The Bertz CT molecular complexity index is 374. The normalized spacial score (nSPS) is 11.1. The van der Waals surface area contributed by atoms with Crippen LogP contribution >= 0.6 is 11.6 Å². The van der Waals surface area contributed by atoms with E-state index >= 15 is 0 Å². The van der Waals surface area contributed by atoms with Gasteiger partial charge in [0.25, 0.3) is 0 Å². The molecule has 0 aliphatic heterocycles. The molecule has 1 aromatic rings. The maximum Gasteiger partial charge on any atom is 0.407 e. The minimum absolute atomic E-state index is 0.155. The molecule has 17 heavy (non-hydrogen) atoms. The molecule has 0 unspecified atom stereocenters. The van der Waals surface area contributed by atoms with Crippen molar-refractivity contribution in [3.63, 3.8) is 0 Å². The molecule has 1 rings (SSSR count). The van der Waals surface area contributed by atoms with Gasteiger partial charge < -0.3 is 10.1 Å². The molecule has 4 heteroatoms. The summed E-state index contributed by atoms with van der Waals surface area (Å²) in [5, 5.41) is 3.45. The maximum atomic E-state index is 11.2. The van der Waals surface area contributed by atoms with Gasteiger partial charge in [-0.25, -0.2) is 4.79 Å². The number of hydrogen-bond acceptors (Lipinski definition) is 2. The highest BCUT2D eigenvalue weighted by molar-refractivity contribution is 6.30. The van der Waals surface area contributed by atoms with Gasteiger partial charge in [-0.3, -0.25) is 0 Å². The summed E-state index contributed by atoms with van der Waals surface area (Å²) >= 11 is 5.84. The Labute approximate surface area is 107 Å². The lowest BCUT2D eigenvalue weighted by molar-refractivity contribution is 0.150. The molecule has 0 saturated heterocycles. The Morgan fingerprint density at radius 3 is 2.47 bits per heavy atom. The van der Waals surface area contributed by atoms with Crippen molar-refractivity contribution in [2.24, 2.45) is 0 Å². The first-order valence-electron chi connectivity index (χ1n) is 5.62. The number of carbonyl (C=O) groups excluding carboxylic acids is 1. The average molecular weight is 256 g/mol. The molecule has 0 bridgehead atoms. The largest absolute Gasteiger partial charge is 0.450 e. The third-order valence-electron chi connectivity index (χ3n) is 2.58. The Morgan fingerprint density at radius 2 is 1.94 bits per heavy atom. The van der Waals surface area contributed by atoms with Crippen LogP contribution < -0.4 is 5.32 Å². The first-order valence-corrected chi connectivity index (χ1v) is 6.00. The van der Waals surface area contributed by atoms with Crippen LogP contribution in [0.4, 0.5) is 4.79 Å². The van der Waals surface area contributed by atoms with E-state index in [2.05, 4.69) is 19.2 Å². The van der Waals surface area contributed by atoms with E-state index in [-0.39, 0.29) is 11.5 Å². The third-order valence-corrected chi connectivity index (χ3v) is 2.83. The Morgan fingerprint density at radius 1 is 1.35 bits per heavy atom. The summed E-state index contributed by atoms with van der Waals surface area (Å²) in [6.07, 6.45) is -0.380. The molecular weight excluding hydrogens is 238 g/mol. The zero-order valence-electron chi connectivity index (χ0n) is 10.4. The molecule has 3 nitrogen and oxygen atoms in total. The molecule has 0 spiro atoms. The van der Waals surface area contributed by atoms with Crippen molar-refractivity contribution in [1.29, 1.82) is 0 Å². The van der Waals surface area contributed by atoms with Gasteiger partial charge in [0, 0.05) is 17.0 Å². The zero-order valence-corrected chi connectivity index (χ0v) is 11.2. The third kappa shape index (κ3) is 4.27. The second kappa shape index (κ2) is 5.92. The van der Waals surface area contributed by atoms with Gasteiger partial charge in [0.1, 0.15) is 0 Å². The molecule has 0 atom stereocenters. The van der Waals surface area contributed by atoms with E-state index in [1.54, 1.807) is 6.92 Å². The molecule has 0 heterocycles. The molecule has 0 fully saturated rings. The second-order valence-electron chi connectivity index (χ2n) is 4.46. The molecule has 0 saturated carbocycles. The number of carbonyl (C=O) groups is 1. The number of benzene rings is 1. The minimum Gasteiger partial charge on any atom is -0.450 e. The number of amides is 1. The van der Waals surface area contributed by atoms with Gasteiger partial charge in [0.05, 0.1) is 6.61 Å². The number of halogens is 1. The highest BCUT2D eigenvalue weighted by Crippen LogP contribution is 2.23. The summed E-state index contributed by atoms with van der Waals surface area (Å²) in [6.45, 7) is 6.80. The number of rotatable bonds is 4. The topological polar surface area (TPSA) is 38.3 Å². The lowest BCUT2D eigenvalue weighted by atomic mass is 9.85. The number of alkyl carbamates (subject to hydrolysis) is 1. The van der Waals surface area contributed by atoms with Crippen LogP contribution in [0.3, 0.4) is 0 Å². The van der Waals surface area contributed by atoms with E-state index in [4.69, 9.17) is 16.3 Å². The molecule has 0 radical (unpaired) electrons. The van der Waals surface area contributed by atoms with Crippen LogP contribution in [0.5, 0.6) is 0 Å². The van der Waals surface area contributed by atoms with Gasteiger partial charge in [-0.1, -0.05) is 37.6 Å². The fourth-order valence-electron chi connectivity index (χ4n) is 1.48. The van der Waals surface area contributed by atoms with Crippen LogP contribution in [-0.4, -0.2) is 19.2 Å². The number of ether oxygens (including phenoxy) is 1. The van der Waals surface area contributed by atoms with Gasteiger partial charge in [-0.15, -0.1) is 0 Å². The summed E-state index contributed by atoms with van der Waals surface area (Å²) in [4.78, 5) is 11.2. The highest BCUT2D eigenvalue weighted by Gasteiger charge is 2.21. The lowest BCUT2D eigenvalue weighted by Gasteiger charge is -2.25. The number of nitrogens with one attached hydrogen (secondary N) is 1. The minimum atomic E-state index is -0.380. The van der Waals surface area contributed by atoms with Crippen molar-refractivity contribution in [3.8, 4) is 0 Å². The van der Waals surface area contributed by atoms with Crippen molar-refractivity contribution in [3.05, 3.63) is 34.9 Å². The van der Waals surface area contributed by atoms with Crippen molar-refractivity contribution in [2.75, 3.05) is 13.2 Å². The van der Waals surface area contributed by atoms with Crippen molar-refractivity contribution in [2.45, 2.75) is 26.2 Å². The van der Waals surface area contributed by atoms with Crippen LogP contribution in [0.15, 0.2) is 24.3 Å². The van der Waals surface area contributed by atoms with Crippen LogP contribution in [0, 0.1) is 0 Å². The Kier molecular flexibility index (Phi) is 4.82. The smallest absolute Gasteiger partial charge is 0.407 e. The molecule has 1 amide bonds. The van der Waals surface area contributed by atoms with Crippen molar-refractivity contribution < 1.29 is 9.53 Å². The first kappa shape index (κ1) is 13.8. The van der Waals surface area contributed by atoms with Gasteiger partial charge >= 0.3 is 6.09 Å². The summed E-state index contributed by atoms with van der Waals surface area (Å²) in [5.74, 6) is 0. The average Bonchev–Trinajstić information content (AvgIpc) is 2.28. The second-order valence-corrected chi connectivity index (χ2v) is 4.90. The predicted octanol–water partition coefficient (Wildman–Crippen LogP) is 3.36. The molecule has 0 aliphatic rings. The van der Waals surface area contributed by atoms with Gasteiger partial charge in [0.15, 0.2) is 0 Å². The fourth-order valence-corrected chi connectivity index (χ4v) is 1.60. The van der Waals surface area contributed by atoms with Crippen LogP contribution in [0.2, 0.25) is 5.02 Å². The van der Waals surface area contributed by atoms with Crippen LogP contribution in [0.25, 0.3) is 0 Å². The Hall–Kier alpha value is -1.22. The highest BCUT2D eigenvalue weighted by atomic mass is 35.5. The van der Waals surface area contributed by atoms with E-state index in [0.717, 1.165) is 5.56 Å². The molecule has 0 aliphatic carbocycles. The van der Waals surface area contributed by atoms with Crippen molar-refractivity contribution >= 4 is 17.7 Å². The van der Waals surface area contributed by atoms with Crippen molar-refractivity contribution in [1.82, 2.24) is 5.32 Å². The molecular formula is C13H18ClNO2. The van der Waals surface area contributed by atoms with E-state index in [0.29, 0.717) is 18.2 Å². The summed E-state index contributed by atoms with van der Waals surface area (Å²) in [6, 6.07) is 7.64. The van der Waals surface area contributed by atoms with Gasteiger partial charge in [-0.05, 0) is 24.6 Å². The van der Waals surface area contributed by atoms with Crippen LogP contribution in [0.1, 0.15) is 26.3 Å². The zero-order chi connectivity index (χ0) is 12.9. The van der Waals surface area contributed by atoms with E-state index < -0.39 is 0 Å². The van der Waals surface area contributed by atoms with Gasteiger partial charge in [0.2, 0.25) is 0 Å². The van der Waals surface area contributed by atoms with E-state index in [1.165, 1.54) is 0 Å². The summed E-state index contributed by atoms with van der Waals surface area (Å²) in [5.41, 5.74) is 0.968. The van der Waals surface area contributed by atoms with E-state index in [1.807, 2.05) is 24.3 Å². The molecule has 94 valence electrons. The monoisotopic (exact) mass is 255 g/mol. The predicted molar refractivity (Wildman–Crippen MR) is 69.5 cm³/mol. The SMILES string of the molecule is CCOC(=O)NCC(C)(C)c1ccc(Cl)cc1. The van der Waals surface area contributed by atoms with Gasteiger partial charge in [-0.2, -0.15) is 0 Å². The van der Waals surface area contributed by atoms with E-state index in [9.17, 15) is 4.79 Å². The quantitative estimate of drug-likeness (QED) is 0.896. The van der Waals surface area contributed by atoms with Crippen LogP contribution in [-0.2, 0) is 10.2 Å². The molecule has 0 aromatic heterocycles. The summed E-state index contributed by atoms with van der Waals surface area (Å²) in [7, 11) is 0. The Balaban J connectivity index is 2.61. The summed E-state index contributed by atoms with van der Waals surface area (Å²) < 4.78 is 4.82. The molecule has 1 aromatic carbocycles.